The predicted molar refractivity (Wildman–Crippen MR) is 76.8 cm³/mol. The molecule has 1 heterocycles. The summed E-state index contributed by atoms with van der Waals surface area (Å²) in [6, 6.07) is 1.54. The zero-order chi connectivity index (χ0) is 14.6. The van der Waals surface area contributed by atoms with Crippen LogP contribution in [-0.4, -0.2) is 23.0 Å². The second-order valence-corrected chi connectivity index (χ2v) is 6.13. The van der Waals surface area contributed by atoms with Crippen molar-refractivity contribution in [1.82, 2.24) is 5.32 Å². The van der Waals surface area contributed by atoms with E-state index >= 15 is 0 Å². The van der Waals surface area contributed by atoms with Crippen LogP contribution >= 0.6 is 11.3 Å². The minimum Gasteiger partial charge on any atom is -0.481 e. The van der Waals surface area contributed by atoms with Crippen LogP contribution in [0.15, 0.2) is 6.07 Å². The van der Waals surface area contributed by atoms with Gasteiger partial charge in [0.25, 0.3) is 5.91 Å². The maximum absolute atomic E-state index is 12.1. The first-order valence-corrected chi connectivity index (χ1v) is 7.28. The van der Waals surface area contributed by atoms with Gasteiger partial charge in [-0.2, -0.15) is 0 Å². The number of amides is 1. The van der Waals surface area contributed by atoms with Gasteiger partial charge < -0.3 is 10.4 Å². The molecule has 4 nitrogen and oxygen atoms in total. The van der Waals surface area contributed by atoms with Gasteiger partial charge in [-0.05, 0) is 30.9 Å². The van der Waals surface area contributed by atoms with Crippen LogP contribution in [0.1, 0.15) is 47.3 Å². The van der Waals surface area contributed by atoms with E-state index in [0.717, 1.165) is 12.0 Å². The highest BCUT2D eigenvalue weighted by atomic mass is 32.1. The zero-order valence-corrected chi connectivity index (χ0v) is 12.6. The summed E-state index contributed by atoms with van der Waals surface area (Å²) >= 11 is 1.48. The van der Waals surface area contributed by atoms with Crippen LogP contribution in [0.4, 0.5) is 0 Å². The number of carbonyl (C=O) groups is 2. The van der Waals surface area contributed by atoms with Crippen molar-refractivity contribution < 1.29 is 14.7 Å². The van der Waals surface area contributed by atoms with Gasteiger partial charge in [-0.1, -0.05) is 20.8 Å². The molecule has 1 aromatic heterocycles. The fraction of sp³-hybridized carbons (Fsp3) is 0.571. The van der Waals surface area contributed by atoms with E-state index in [4.69, 9.17) is 5.11 Å². The largest absolute Gasteiger partial charge is 0.481 e. The van der Waals surface area contributed by atoms with Gasteiger partial charge in [-0.3, -0.25) is 9.59 Å². The summed E-state index contributed by atoms with van der Waals surface area (Å²) in [5, 5.41) is 11.7. The Morgan fingerprint density at radius 1 is 1.42 bits per heavy atom. The number of aliphatic carboxylic acids is 1. The van der Waals surface area contributed by atoms with Gasteiger partial charge in [0.15, 0.2) is 0 Å². The molecule has 0 aromatic carbocycles. The minimum absolute atomic E-state index is 0.0472. The first kappa shape index (κ1) is 15.7. The van der Waals surface area contributed by atoms with Gasteiger partial charge in [-0.25, -0.2) is 0 Å². The molecule has 106 valence electrons. The van der Waals surface area contributed by atoms with E-state index in [9.17, 15) is 9.59 Å². The lowest BCUT2D eigenvalue weighted by Crippen LogP contribution is -2.39. The van der Waals surface area contributed by atoms with Crippen molar-refractivity contribution in [3.8, 4) is 0 Å². The standard InChI is InChI=1S/C14H21NO3S/c1-5-11-9(4)6-12(19-11)14(18)15-10(8(2)3)7-13(16)17/h6,8,10H,5,7H2,1-4H3,(H,15,18)(H,16,17). The number of nitrogens with one attached hydrogen (secondary N) is 1. The van der Waals surface area contributed by atoms with E-state index in [1.54, 1.807) is 0 Å². The lowest BCUT2D eigenvalue weighted by Gasteiger charge is -2.20. The van der Waals surface area contributed by atoms with Crippen molar-refractivity contribution in [1.29, 1.82) is 0 Å². The van der Waals surface area contributed by atoms with E-state index in [-0.39, 0.29) is 24.3 Å². The summed E-state index contributed by atoms with van der Waals surface area (Å²) in [5.74, 6) is -0.977. The quantitative estimate of drug-likeness (QED) is 0.843. The predicted octanol–water partition coefficient (Wildman–Crippen LogP) is 2.85. The van der Waals surface area contributed by atoms with Gasteiger partial charge in [0.2, 0.25) is 0 Å². The SMILES string of the molecule is CCc1sc(C(=O)NC(CC(=O)O)C(C)C)cc1C. The topological polar surface area (TPSA) is 66.4 Å². The molecule has 0 fully saturated rings. The van der Waals surface area contributed by atoms with Crippen molar-refractivity contribution in [3.63, 3.8) is 0 Å². The van der Waals surface area contributed by atoms with Crippen molar-refractivity contribution >= 4 is 23.2 Å². The molecule has 1 unspecified atom stereocenters. The van der Waals surface area contributed by atoms with E-state index in [2.05, 4.69) is 12.2 Å². The summed E-state index contributed by atoms with van der Waals surface area (Å²) in [5.41, 5.74) is 1.12. The minimum atomic E-state index is -0.893. The fourth-order valence-corrected chi connectivity index (χ4v) is 2.88. The zero-order valence-electron chi connectivity index (χ0n) is 11.8. The van der Waals surface area contributed by atoms with E-state index in [1.165, 1.54) is 16.2 Å². The smallest absolute Gasteiger partial charge is 0.305 e. The van der Waals surface area contributed by atoms with Crippen LogP contribution in [0.5, 0.6) is 0 Å². The molecular weight excluding hydrogens is 262 g/mol. The molecule has 0 saturated heterocycles. The summed E-state index contributed by atoms with van der Waals surface area (Å²) in [7, 11) is 0. The summed E-state index contributed by atoms with van der Waals surface area (Å²) in [4.78, 5) is 24.8. The molecular formula is C14H21NO3S. The molecule has 0 aliphatic rings. The summed E-state index contributed by atoms with van der Waals surface area (Å²) in [6.45, 7) is 7.86. The van der Waals surface area contributed by atoms with Crippen LogP contribution in [0.25, 0.3) is 0 Å². The summed E-state index contributed by atoms with van der Waals surface area (Å²) in [6.07, 6.45) is 0.862. The monoisotopic (exact) mass is 283 g/mol. The number of hydrogen-bond donors (Lipinski definition) is 2. The molecule has 0 radical (unpaired) electrons. The number of aryl methyl sites for hydroxylation is 2. The number of carbonyl (C=O) groups excluding carboxylic acids is 1. The van der Waals surface area contributed by atoms with Crippen molar-refractivity contribution in [2.75, 3.05) is 0 Å². The third kappa shape index (κ3) is 4.35. The molecule has 0 aliphatic heterocycles. The second-order valence-electron chi connectivity index (χ2n) is 4.99. The van der Waals surface area contributed by atoms with Crippen molar-refractivity contribution in [3.05, 3.63) is 21.4 Å². The Labute approximate surface area is 117 Å². The Bertz CT molecular complexity index is 465. The highest BCUT2D eigenvalue weighted by molar-refractivity contribution is 7.14. The van der Waals surface area contributed by atoms with Gasteiger partial charge in [-0.15, -0.1) is 11.3 Å². The number of carboxylic acid groups (broad SMARTS) is 1. The Morgan fingerprint density at radius 2 is 2.05 bits per heavy atom. The Hall–Kier alpha value is -1.36. The van der Waals surface area contributed by atoms with Crippen LogP contribution in [0, 0.1) is 12.8 Å². The van der Waals surface area contributed by atoms with Crippen LogP contribution in [0.2, 0.25) is 0 Å². The van der Waals surface area contributed by atoms with Crippen LogP contribution < -0.4 is 5.32 Å². The highest BCUT2D eigenvalue weighted by Crippen LogP contribution is 2.22. The van der Waals surface area contributed by atoms with Crippen molar-refractivity contribution in [2.45, 2.75) is 46.6 Å². The number of carboxylic acids is 1. The molecule has 0 saturated carbocycles. The Kier molecular flexibility index (Phi) is 5.54. The Balaban J connectivity index is 2.78. The average molecular weight is 283 g/mol. The Morgan fingerprint density at radius 3 is 2.47 bits per heavy atom. The lowest BCUT2D eigenvalue weighted by atomic mass is 10.0. The van der Waals surface area contributed by atoms with Gasteiger partial charge >= 0.3 is 5.97 Å². The van der Waals surface area contributed by atoms with Crippen molar-refractivity contribution in [2.24, 2.45) is 5.92 Å². The third-order valence-electron chi connectivity index (χ3n) is 3.08. The van der Waals surface area contributed by atoms with E-state index in [1.807, 2.05) is 26.8 Å². The molecule has 1 aromatic rings. The maximum Gasteiger partial charge on any atom is 0.305 e. The van der Waals surface area contributed by atoms with Crippen LogP contribution in [-0.2, 0) is 11.2 Å². The molecule has 1 amide bonds. The molecule has 0 spiro atoms. The molecule has 1 atom stereocenters. The first-order valence-electron chi connectivity index (χ1n) is 6.47. The number of rotatable bonds is 6. The van der Waals surface area contributed by atoms with Gasteiger partial charge in [0.1, 0.15) is 0 Å². The van der Waals surface area contributed by atoms with Gasteiger partial charge in [0, 0.05) is 10.9 Å². The molecule has 2 N–H and O–H groups in total. The normalized spacial score (nSPS) is 12.5. The number of thiophene rings is 1. The molecule has 5 heteroatoms. The van der Waals surface area contributed by atoms with E-state index < -0.39 is 5.97 Å². The molecule has 1 rings (SSSR count). The first-order chi connectivity index (χ1) is 8.85. The van der Waals surface area contributed by atoms with Crippen LogP contribution in [0.3, 0.4) is 0 Å². The molecule has 19 heavy (non-hydrogen) atoms. The average Bonchev–Trinajstić information content (AvgIpc) is 2.69. The van der Waals surface area contributed by atoms with Gasteiger partial charge in [0.05, 0.1) is 11.3 Å². The molecule has 0 aliphatic carbocycles. The summed E-state index contributed by atoms with van der Waals surface area (Å²) < 4.78 is 0. The molecule has 0 bridgehead atoms. The lowest BCUT2D eigenvalue weighted by molar-refractivity contribution is -0.137. The maximum atomic E-state index is 12.1. The number of hydrogen-bond acceptors (Lipinski definition) is 3. The third-order valence-corrected chi connectivity index (χ3v) is 4.46. The fourth-order valence-electron chi connectivity index (χ4n) is 1.86. The van der Waals surface area contributed by atoms with E-state index in [0.29, 0.717) is 4.88 Å². The highest BCUT2D eigenvalue weighted by Gasteiger charge is 2.21. The second kappa shape index (κ2) is 6.70.